The lowest BCUT2D eigenvalue weighted by Gasteiger charge is -2.46. The number of aromatic nitrogens is 3. The van der Waals surface area contributed by atoms with Gasteiger partial charge in [0, 0.05) is 23.8 Å². The van der Waals surface area contributed by atoms with Gasteiger partial charge in [0.05, 0.1) is 12.7 Å². The van der Waals surface area contributed by atoms with E-state index in [4.69, 9.17) is 0 Å². The van der Waals surface area contributed by atoms with Gasteiger partial charge in [0.2, 0.25) is 5.91 Å². The molecule has 1 aromatic carbocycles. The number of amides is 1. The first-order valence-electron chi connectivity index (χ1n) is 7.75. The summed E-state index contributed by atoms with van der Waals surface area (Å²) in [6.45, 7) is 7.08. The minimum atomic E-state index is -0.173. The summed E-state index contributed by atoms with van der Waals surface area (Å²) in [5.74, 6) is 0.602. The Balaban J connectivity index is 1.86. The van der Waals surface area contributed by atoms with Crippen molar-refractivity contribution in [3.05, 3.63) is 42.2 Å². The molecule has 22 heavy (non-hydrogen) atoms. The number of benzene rings is 1. The lowest BCUT2D eigenvalue weighted by atomic mass is 9.80. The van der Waals surface area contributed by atoms with Crippen molar-refractivity contribution in [2.24, 2.45) is 0 Å². The van der Waals surface area contributed by atoms with Crippen molar-refractivity contribution in [2.75, 3.05) is 4.90 Å². The third-order valence-electron chi connectivity index (χ3n) is 4.40. The average Bonchev–Trinajstić information content (AvgIpc) is 2.97. The number of anilines is 1. The highest BCUT2D eigenvalue weighted by atomic mass is 16.2. The van der Waals surface area contributed by atoms with Crippen molar-refractivity contribution in [1.82, 2.24) is 15.0 Å². The van der Waals surface area contributed by atoms with Gasteiger partial charge in [-0.05, 0) is 37.8 Å². The predicted octanol–water partition coefficient (Wildman–Crippen LogP) is 2.99. The second-order valence-electron chi connectivity index (χ2n) is 6.62. The summed E-state index contributed by atoms with van der Waals surface area (Å²) in [7, 11) is 0. The molecule has 1 aliphatic rings. The maximum absolute atomic E-state index is 12.8. The van der Waals surface area contributed by atoms with Crippen LogP contribution in [0.1, 0.15) is 45.1 Å². The number of carbonyl (C=O) groups excluding carboxylic acids is 1. The molecule has 1 aliphatic heterocycles. The van der Waals surface area contributed by atoms with Gasteiger partial charge in [0.1, 0.15) is 0 Å². The first-order chi connectivity index (χ1) is 10.5. The molecule has 5 nitrogen and oxygen atoms in total. The topological polar surface area (TPSA) is 51.0 Å². The number of para-hydroxylation sites is 1. The fourth-order valence-corrected chi connectivity index (χ4v) is 3.53. The van der Waals surface area contributed by atoms with Gasteiger partial charge in [0.25, 0.3) is 0 Å². The van der Waals surface area contributed by atoms with Gasteiger partial charge < -0.3 is 4.90 Å². The largest absolute Gasteiger partial charge is 0.307 e. The highest BCUT2D eigenvalue weighted by Crippen LogP contribution is 2.43. The van der Waals surface area contributed by atoms with Gasteiger partial charge in [-0.25, -0.2) is 0 Å². The fraction of sp³-hybridized carbons (Fsp3) is 0.471. The molecule has 0 radical (unpaired) electrons. The van der Waals surface area contributed by atoms with Crippen molar-refractivity contribution < 1.29 is 4.79 Å². The lowest BCUT2D eigenvalue weighted by Crippen LogP contribution is -2.51. The number of carbonyl (C=O) groups is 1. The molecule has 0 saturated carbocycles. The van der Waals surface area contributed by atoms with Crippen LogP contribution in [0.4, 0.5) is 5.69 Å². The Morgan fingerprint density at radius 2 is 2.14 bits per heavy atom. The molecule has 1 amide bonds. The molecular weight excluding hydrogens is 276 g/mol. The SMILES string of the molecule is CC1CC(C)(C)N(C(=O)CCn2ccnn2)c2ccccc21. The van der Waals surface area contributed by atoms with Gasteiger partial charge >= 0.3 is 0 Å². The number of rotatable bonds is 3. The van der Waals surface area contributed by atoms with Crippen LogP contribution in [0.15, 0.2) is 36.7 Å². The lowest BCUT2D eigenvalue weighted by molar-refractivity contribution is -0.120. The minimum absolute atomic E-state index is 0.139. The summed E-state index contributed by atoms with van der Waals surface area (Å²) in [6, 6.07) is 8.24. The summed E-state index contributed by atoms with van der Waals surface area (Å²) in [4.78, 5) is 14.8. The van der Waals surface area contributed by atoms with Crippen LogP contribution in [0.2, 0.25) is 0 Å². The predicted molar refractivity (Wildman–Crippen MR) is 85.7 cm³/mol. The summed E-state index contributed by atoms with van der Waals surface area (Å²) in [5, 5.41) is 7.70. The van der Waals surface area contributed by atoms with E-state index in [1.807, 2.05) is 17.0 Å². The van der Waals surface area contributed by atoms with Crippen molar-refractivity contribution in [1.29, 1.82) is 0 Å². The van der Waals surface area contributed by atoms with E-state index in [0.29, 0.717) is 18.9 Å². The van der Waals surface area contributed by atoms with Gasteiger partial charge in [0.15, 0.2) is 0 Å². The Morgan fingerprint density at radius 3 is 2.86 bits per heavy atom. The molecule has 1 atom stereocenters. The molecule has 0 bridgehead atoms. The van der Waals surface area contributed by atoms with Crippen LogP contribution in [-0.2, 0) is 11.3 Å². The summed E-state index contributed by atoms with van der Waals surface area (Å²) < 4.78 is 1.70. The summed E-state index contributed by atoms with van der Waals surface area (Å²) >= 11 is 0. The Morgan fingerprint density at radius 1 is 1.36 bits per heavy atom. The molecule has 2 aromatic rings. The van der Waals surface area contributed by atoms with Gasteiger partial charge in [-0.2, -0.15) is 0 Å². The normalized spacial score (nSPS) is 19.8. The second-order valence-corrected chi connectivity index (χ2v) is 6.62. The van der Waals surface area contributed by atoms with Crippen molar-refractivity contribution >= 4 is 11.6 Å². The molecule has 0 N–H and O–H groups in total. The maximum atomic E-state index is 12.8. The highest BCUT2D eigenvalue weighted by Gasteiger charge is 2.39. The maximum Gasteiger partial charge on any atom is 0.229 e. The third-order valence-corrected chi connectivity index (χ3v) is 4.40. The quantitative estimate of drug-likeness (QED) is 0.875. The van der Waals surface area contributed by atoms with Gasteiger partial charge in [-0.3, -0.25) is 9.48 Å². The van der Waals surface area contributed by atoms with Crippen molar-refractivity contribution in [2.45, 2.75) is 51.6 Å². The van der Waals surface area contributed by atoms with Gasteiger partial charge in [-0.1, -0.05) is 30.3 Å². The molecule has 0 fully saturated rings. The Bertz CT molecular complexity index is 663. The Hall–Kier alpha value is -2.17. The van der Waals surface area contributed by atoms with E-state index < -0.39 is 0 Å². The molecule has 0 saturated heterocycles. The van der Waals surface area contributed by atoms with Crippen molar-refractivity contribution in [3.8, 4) is 0 Å². The van der Waals surface area contributed by atoms with Crippen LogP contribution in [0, 0.1) is 0 Å². The van der Waals surface area contributed by atoms with Crippen LogP contribution in [-0.4, -0.2) is 26.4 Å². The smallest absolute Gasteiger partial charge is 0.229 e. The number of nitrogens with zero attached hydrogens (tertiary/aromatic N) is 4. The monoisotopic (exact) mass is 298 g/mol. The van der Waals surface area contributed by atoms with Crippen LogP contribution in [0.5, 0.6) is 0 Å². The first-order valence-corrected chi connectivity index (χ1v) is 7.75. The molecule has 0 spiro atoms. The molecular formula is C17H22N4O. The fourth-order valence-electron chi connectivity index (χ4n) is 3.53. The van der Waals surface area contributed by atoms with Crippen molar-refractivity contribution in [3.63, 3.8) is 0 Å². The van der Waals surface area contributed by atoms with Crippen LogP contribution in [0.3, 0.4) is 0 Å². The van der Waals surface area contributed by atoms with E-state index in [1.165, 1.54) is 5.56 Å². The minimum Gasteiger partial charge on any atom is -0.307 e. The van der Waals surface area contributed by atoms with Crippen LogP contribution < -0.4 is 4.90 Å². The summed E-state index contributed by atoms with van der Waals surface area (Å²) in [6.07, 6.45) is 4.81. The zero-order chi connectivity index (χ0) is 15.7. The highest BCUT2D eigenvalue weighted by molar-refractivity contribution is 5.96. The zero-order valence-electron chi connectivity index (χ0n) is 13.4. The molecule has 1 unspecified atom stereocenters. The average molecular weight is 298 g/mol. The standard InChI is InChI=1S/C17H22N4O/c1-13-12-17(2,3)21(15-7-5-4-6-14(13)15)16(22)8-10-20-11-9-18-19-20/h4-7,9,11,13H,8,10,12H2,1-3H3. The molecule has 116 valence electrons. The number of hydrogen-bond acceptors (Lipinski definition) is 3. The number of hydrogen-bond donors (Lipinski definition) is 0. The Kier molecular flexibility index (Phi) is 3.72. The third kappa shape index (κ3) is 2.63. The van der Waals surface area contributed by atoms with E-state index in [1.54, 1.807) is 17.1 Å². The van der Waals surface area contributed by atoms with Crippen LogP contribution in [0.25, 0.3) is 0 Å². The molecule has 2 heterocycles. The Labute approximate surface area is 130 Å². The molecule has 3 rings (SSSR count). The van der Waals surface area contributed by atoms with E-state index in [-0.39, 0.29) is 11.4 Å². The number of aryl methyl sites for hydroxylation is 1. The second kappa shape index (κ2) is 5.55. The first kappa shape index (κ1) is 14.8. The van der Waals surface area contributed by atoms with E-state index in [9.17, 15) is 4.79 Å². The zero-order valence-corrected chi connectivity index (χ0v) is 13.4. The summed E-state index contributed by atoms with van der Waals surface area (Å²) in [5.41, 5.74) is 2.14. The van der Waals surface area contributed by atoms with E-state index >= 15 is 0 Å². The van der Waals surface area contributed by atoms with E-state index in [2.05, 4.69) is 43.2 Å². The molecule has 0 aliphatic carbocycles. The van der Waals surface area contributed by atoms with Crippen LogP contribution >= 0.6 is 0 Å². The molecule has 5 heteroatoms. The molecule has 1 aromatic heterocycles. The number of fused-ring (bicyclic) bond motifs is 1. The van der Waals surface area contributed by atoms with Gasteiger partial charge in [-0.15, -0.1) is 5.10 Å². The van der Waals surface area contributed by atoms with E-state index in [0.717, 1.165) is 12.1 Å².